The lowest BCUT2D eigenvalue weighted by atomic mass is 10.2. The van der Waals surface area contributed by atoms with E-state index >= 15 is 0 Å². The van der Waals surface area contributed by atoms with Gasteiger partial charge in [0.05, 0.1) is 17.1 Å². The molecule has 1 aliphatic heterocycles. The first-order chi connectivity index (χ1) is 10.8. The largest absolute Gasteiger partial charge is 0.488 e. The molecule has 22 heavy (non-hydrogen) atoms. The number of anilines is 1. The van der Waals surface area contributed by atoms with E-state index in [0.717, 1.165) is 41.6 Å². The third-order valence-corrected chi connectivity index (χ3v) is 4.24. The number of ether oxygens (including phenoxy) is 1. The predicted molar refractivity (Wildman–Crippen MR) is 87.0 cm³/mol. The van der Waals surface area contributed by atoms with E-state index in [1.807, 2.05) is 12.1 Å². The first-order valence-corrected chi connectivity index (χ1v) is 7.69. The molecule has 0 atom stereocenters. The summed E-state index contributed by atoms with van der Waals surface area (Å²) in [7, 11) is 0. The monoisotopic (exact) mass is 297 g/mol. The van der Waals surface area contributed by atoms with Crippen LogP contribution in [0.4, 0.5) is 5.82 Å². The number of nitrogens with zero attached hydrogens (tertiary/aromatic N) is 3. The summed E-state index contributed by atoms with van der Waals surface area (Å²) in [6.07, 6.45) is 6.07. The van der Waals surface area contributed by atoms with Crippen molar-refractivity contribution in [3.05, 3.63) is 24.5 Å². The van der Waals surface area contributed by atoms with Gasteiger partial charge in [0.15, 0.2) is 11.6 Å². The van der Waals surface area contributed by atoms with Crippen LogP contribution >= 0.6 is 0 Å². The van der Waals surface area contributed by atoms with Crippen LogP contribution < -0.4 is 10.5 Å². The zero-order valence-electron chi connectivity index (χ0n) is 12.4. The quantitative estimate of drug-likeness (QED) is 0.771. The fourth-order valence-electron chi connectivity index (χ4n) is 3.13. The average Bonchev–Trinajstić information content (AvgIpc) is 3.16. The molecule has 1 aliphatic rings. The van der Waals surface area contributed by atoms with Crippen molar-refractivity contribution in [2.24, 2.45) is 0 Å². The Hall–Kier alpha value is -2.34. The molecule has 3 N–H and O–H groups in total. The van der Waals surface area contributed by atoms with Crippen molar-refractivity contribution in [1.29, 1.82) is 0 Å². The second-order valence-electron chi connectivity index (χ2n) is 5.68. The smallest absolute Gasteiger partial charge is 0.171 e. The van der Waals surface area contributed by atoms with Crippen LogP contribution in [-0.4, -0.2) is 46.1 Å². The molecular weight excluding hydrogens is 278 g/mol. The molecule has 3 aromatic rings. The van der Waals surface area contributed by atoms with Gasteiger partial charge in [-0.05, 0) is 38.1 Å². The van der Waals surface area contributed by atoms with Gasteiger partial charge < -0.3 is 15.5 Å². The zero-order chi connectivity index (χ0) is 14.9. The molecule has 4 rings (SSSR count). The SMILES string of the molecule is Nc1ncc2[nH]c3ncccc3c2c1OCCN1CCCC1. The summed E-state index contributed by atoms with van der Waals surface area (Å²) in [4.78, 5) is 14.3. The molecule has 0 unspecified atom stereocenters. The van der Waals surface area contributed by atoms with Crippen LogP contribution in [0.25, 0.3) is 21.9 Å². The van der Waals surface area contributed by atoms with E-state index in [4.69, 9.17) is 10.5 Å². The maximum Gasteiger partial charge on any atom is 0.171 e. The lowest BCUT2D eigenvalue weighted by Gasteiger charge is -2.16. The summed E-state index contributed by atoms with van der Waals surface area (Å²) < 4.78 is 6.00. The normalized spacial score (nSPS) is 15.8. The number of pyridine rings is 2. The minimum atomic E-state index is 0.429. The van der Waals surface area contributed by atoms with E-state index in [1.165, 1.54) is 12.8 Å². The molecule has 1 fully saturated rings. The number of aromatic amines is 1. The number of fused-ring (bicyclic) bond motifs is 3. The van der Waals surface area contributed by atoms with Crippen molar-refractivity contribution in [3.63, 3.8) is 0 Å². The van der Waals surface area contributed by atoms with E-state index in [1.54, 1.807) is 12.4 Å². The molecule has 3 aromatic heterocycles. The molecule has 0 aliphatic carbocycles. The van der Waals surface area contributed by atoms with Gasteiger partial charge in [0.2, 0.25) is 0 Å². The van der Waals surface area contributed by atoms with Crippen LogP contribution in [0.3, 0.4) is 0 Å². The van der Waals surface area contributed by atoms with Crippen LogP contribution in [0.1, 0.15) is 12.8 Å². The number of nitrogens with two attached hydrogens (primary N) is 1. The van der Waals surface area contributed by atoms with Gasteiger partial charge >= 0.3 is 0 Å². The number of hydrogen-bond acceptors (Lipinski definition) is 5. The zero-order valence-corrected chi connectivity index (χ0v) is 12.4. The lowest BCUT2D eigenvalue weighted by Crippen LogP contribution is -2.25. The van der Waals surface area contributed by atoms with Crippen LogP contribution in [0.15, 0.2) is 24.5 Å². The van der Waals surface area contributed by atoms with Crippen LogP contribution in [0.2, 0.25) is 0 Å². The van der Waals surface area contributed by atoms with E-state index in [9.17, 15) is 0 Å². The van der Waals surface area contributed by atoms with Crippen molar-refractivity contribution >= 4 is 27.8 Å². The van der Waals surface area contributed by atoms with Crippen LogP contribution in [0, 0.1) is 0 Å². The van der Waals surface area contributed by atoms with Gasteiger partial charge in [-0.25, -0.2) is 9.97 Å². The Morgan fingerprint density at radius 3 is 3.00 bits per heavy atom. The number of nitrogen functional groups attached to an aromatic ring is 1. The molecule has 0 radical (unpaired) electrons. The van der Waals surface area contributed by atoms with Gasteiger partial charge in [-0.1, -0.05) is 0 Å². The number of likely N-dealkylation sites (tertiary alicyclic amines) is 1. The molecule has 1 saturated heterocycles. The summed E-state index contributed by atoms with van der Waals surface area (Å²) >= 11 is 0. The number of aromatic nitrogens is 3. The van der Waals surface area contributed by atoms with Gasteiger partial charge in [0.1, 0.15) is 12.3 Å². The summed E-state index contributed by atoms with van der Waals surface area (Å²) in [5.74, 6) is 1.09. The second kappa shape index (κ2) is 5.46. The molecule has 0 saturated carbocycles. The van der Waals surface area contributed by atoms with Crippen LogP contribution in [-0.2, 0) is 0 Å². The fourth-order valence-corrected chi connectivity index (χ4v) is 3.13. The average molecular weight is 297 g/mol. The predicted octanol–water partition coefficient (Wildman–Crippen LogP) is 2.17. The standard InChI is InChI=1S/C16H19N5O/c17-15-14(22-9-8-21-6-1-2-7-21)13-11-4-3-5-18-16(11)20-12(13)10-19-15/h3-5,10H,1-2,6-9H2,(H2,17,19)(H,18,20). The van der Waals surface area contributed by atoms with E-state index in [0.29, 0.717) is 18.2 Å². The summed E-state index contributed by atoms with van der Waals surface area (Å²) in [5, 5.41) is 1.99. The van der Waals surface area contributed by atoms with Gasteiger partial charge in [0, 0.05) is 18.1 Å². The number of nitrogens with one attached hydrogen (secondary N) is 1. The minimum Gasteiger partial charge on any atom is -0.488 e. The highest BCUT2D eigenvalue weighted by Gasteiger charge is 2.16. The lowest BCUT2D eigenvalue weighted by molar-refractivity contribution is 0.240. The highest BCUT2D eigenvalue weighted by molar-refractivity contribution is 6.10. The molecule has 4 heterocycles. The Morgan fingerprint density at radius 2 is 2.14 bits per heavy atom. The number of hydrogen-bond donors (Lipinski definition) is 2. The molecule has 0 bridgehead atoms. The molecular formula is C16H19N5O. The van der Waals surface area contributed by atoms with Crippen LogP contribution in [0.5, 0.6) is 5.75 Å². The third kappa shape index (κ3) is 2.25. The Labute approximate surface area is 128 Å². The molecule has 6 heteroatoms. The molecule has 0 aromatic carbocycles. The minimum absolute atomic E-state index is 0.429. The maximum absolute atomic E-state index is 6.05. The first-order valence-electron chi connectivity index (χ1n) is 7.69. The Kier molecular flexibility index (Phi) is 3.31. The molecule has 6 nitrogen and oxygen atoms in total. The molecule has 0 amide bonds. The van der Waals surface area contributed by atoms with Gasteiger partial charge in [0.25, 0.3) is 0 Å². The van der Waals surface area contributed by atoms with E-state index in [2.05, 4.69) is 19.9 Å². The van der Waals surface area contributed by atoms with Gasteiger partial charge in [-0.2, -0.15) is 0 Å². The number of rotatable bonds is 4. The van der Waals surface area contributed by atoms with Crippen molar-refractivity contribution in [1.82, 2.24) is 19.9 Å². The highest BCUT2D eigenvalue weighted by atomic mass is 16.5. The molecule has 114 valence electrons. The highest BCUT2D eigenvalue weighted by Crippen LogP contribution is 2.35. The molecule has 0 spiro atoms. The van der Waals surface area contributed by atoms with Crippen molar-refractivity contribution in [2.45, 2.75) is 12.8 Å². The second-order valence-corrected chi connectivity index (χ2v) is 5.68. The Balaban J connectivity index is 1.67. The summed E-state index contributed by atoms with van der Waals surface area (Å²) in [6.45, 7) is 3.88. The topological polar surface area (TPSA) is 80.1 Å². The van der Waals surface area contributed by atoms with Crippen molar-refractivity contribution in [2.75, 3.05) is 32.0 Å². The van der Waals surface area contributed by atoms with E-state index < -0.39 is 0 Å². The fraction of sp³-hybridized carbons (Fsp3) is 0.375. The third-order valence-electron chi connectivity index (χ3n) is 4.24. The first kappa shape index (κ1) is 13.3. The van der Waals surface area contributed by atoms with Gasteiger partial charge in [-0.15, -0.1) is 0 Å². The Bertz CT molecular complexity index is 807. The van der Waals surface area contributed by atoms with Gasteiger partial charge in [-0.3, -0.25) is 4.90 Å². The summed E-state index contributed by atoms with van der Waals surface area (Å²) in [5.41, 5.74) is 7.78. The van der Waals surface area contributed by atoms with Crippen molar-refractivity contribution < 1.29 is 4.74 Å². The van der Waals surface area contributed by atoms with E-state index in [-0.39, 0.29) is 0 Å². The van der Waals surface area contributed by atoms with Crippen molar-refractivity contribution in [3.8, 4) is 5.75 Å². The summed E-state index contributed by atoms with van der Waals surface area (Å²) in [6, 6.07) is 3.94. The number of H-pyrrole nitrogens is 1. The Morgan fingerprint density at radius 1 is 1.27 bits per heavy atom. The maximum atomic E-state index is 6.05.